The van der Waals surface area contributed by atoms with Crippen molar-refractivity contribution in [2.45, 2.75) is 13.0 Å². The van der Waals surface area contributed by atoms with Crippen LogP contribution in [0.4, 0.5) is 4.39 Å². The fourth-order valence-corrected chi connectivity index (χ4v) is 0.983. The number of carboxylic acid groups (broad SMARTS) is 1. The van der Waals surface area contributed by atoms with Crippen LogP contribution in [0.5, 0.6) is 5.75 Å². The molecule has 0 amide bonds. The maximum atomic E-state index is 13.3. The van der Waals surface area contributed by atoms with E-state index in [2.05, 4.69) is 0 Å². The van der Waals surface area contributed by atoms with E-state index in [0.29, 0.717) is 5.56 Å². The molecule has 1 rings (SSSR count). The van der Waals surface area contributed by atoms with E-state index in [-0.39, 0.29) is 12.4 Å². The minimum Gasteiger partial charge on any atom is -0.488 e. The van der Waals surface area contributed by atoms with Crippen LogP contribution < -0.4 is 10.5 Å². The number of carbonyl (C=O) groups is 1. The van der Waals surface area contributed by atoms with E-state index in [4.69, 9.17) is 15.6 Å². The molecule has 1 aromatic rings. The third-order valence-electron chi connectivity index (χ3n) is 1.89. The van der Waals surface area contributed by atoms with Gasteiger partial charge in [0, 0.05) is 0 Å². The molecule has 0 fully saturated rings. The van der Waals surface area contributed by atoms with Gasteiger partial charge in [-0.05, 0) is 18.6 Å². The van der Waals surface area contributed by atoms with Crippen LogP contribution in [0.2, 0.25) is 0 Å². The molecule has 0 saturated carbocycles. The van der Waals surface area contributed by atoms with Crippen molar-refractivity contribution in [2.24, 2.45) is 5.73 Å². The number of ether oxygens (including phenoxy) is 1. The molecule has 1 unspecified atom stereocenters. The maximum absolute atomic E-state index is 13.3. The molecule has 0 aliphatic heterocycles. The molecule has 4 nitrogen and oxygen atoms in total. The van der Waals surface area contributed by atoms with Crippen LogP contribution in [0.3, 0.4) is 0 Å². The third-order valence-corrected chi connectivity index (χ3v) is 1.89. The number of hydrogen-bond acceptors (Lipinski definition) is 3. The fraction of sp³-hybridized carbons (Fsp3) is 0.300. The summed E-state index contributed by atoms with van der Waals surface area (Å²) in [6.07, 6.45) is 0. The number of halogens is 1. The summed E-state index contributed by atoms with van der Waals surface area (Å²) >= 11 is 0. The highest BCUT2D eigenvalue weighted by Gasteiger charge is 2.13. The van der Waals surface area contributed by atoms with Gasteiger partial charge in [0.15, 0.2) is 11.6 Å². The van der Waals surface area contributed by atoms with Crippen LogP contribution in [0, 0.1) is 12.7 Å². The summed E-state index contributed by atoms with van der Waals surface area (Å²) in [5, 5.41) is 8.49. The molecule has 1 aromatic carbocycles. The molecule has 1 atom stereocenters. The Bertz CT molecular complexity index is 368. The first-order valence-corrected chi connectivity index (χ1v) is 4.38. The standard InChI is InChI=1S/C10H12FNO3/c1-6-3-2-4-8(9(6)11)15-5-7(12)10(13)14/h2-4,7H,5,12H2,1H3,(H,13,14). The van der Waals surface area contributed by atoms with Gasteiger partial charge in [0.25, 0.3) is 0 Å². The number of aryl methyl sites for hydroxylation is 1. The molecule has 5 heteroatoms. The van der Waals surface area contributed by atoms with Gasteiger partial charge in [-0.1, -0.05) is 12.1 Å². The summed E-state index contributed by atoms with van der Waals surface area (Å²) in [4.78, 5) is 10.4. The van der Waals surface area contributed by atoms with Gasteiger partial charge in [-0.3, -0.25) is 4.79 Å². The van der Waals surface area contributed by atoms with Crippen molar-refractivity contribution in [3.05, 3.63) is 29.6 Å². The van der Waals surface area contributed by atoms with Gasteiger partial charge in [0.05, 0.1) is 0 Å². The van der Waals surface area contributed by atoms with Crippen LogP contribution in [-0.4, -0.2) is 23.7 Å². The first kappa shape index (κ1) is 11.5. The SMILES string of the molecule is Cc1cccc(OCC(N)C(=O)O)c1F. The Labute approximate surface area is 86.5 Å². The number of carboxylic acids is 1. The summed E-state index contributed by atoms with van der Waals surface area (Å²) in [5.74, 6) is -1.65. The smallest absolute Gasteiger partial charge is 0.324 e. The van der Waals surface area contributed by atoms with Crippen molar-refractivity contribution in [3.8, 4) is 5.75 Å². The van der Waals surface area contributed by atoms with E-state index in [1.165, 1.54) is 6.07 Å². The average Bonchev–Trinajstić information content (AvgIpc) is 2.19. The molecular weight excluding hydrogens is 201 g/mol. The topological polar surface area (TPSA) is 72.5 Å². The van der Waals surface area contributed by atoms with Gasteiger partial charge in [-0.25, -0.2) is 4.39 Å². The molecule has 3 N–H and O–H groups in total. The van der Waals surface area contributed by atoms with Gasteiger partial charge < -0.3 is 15.6 Å². The molecule has 0 bridgehead atoms. The number of aliphatic carboxylic acids is 1. The van der Waals surface area contributed by atoms with Crippen molar-refractivity contribution in [1.82, 2.24) is 0 Å². The second-order valence-corrected chi connectivity index (χ2v) is 3.14. The van der Waals surface area contributed by atoms with Gasteiger partial charge in [-0.2, -0.15) is 0 Å². The Hall–Kier alpha value is -1.62. The van der Waals surface area contributed by atoms with E-state index < -0.39 is 17.8 Å². The van der Waals surface area contributed by atoms with Gasteiger partial charge in [0.1, 0.15) is 12.6 Å². The molecule has 0 saturated heterocycles. The Morgan fingerprint density at radius 3 is 2.93 bits per heavy atom. The summed E-state index contributed by atoms with van der Waals surface area (Å²) in [6, 6.07) is 3.50. The monoisotopic (exact) mass is 213 g/mol. The highest BCUT2D eigenvalue weighted by atomic mass is 19.1. The highest BCUT2D eigenvalue weighted by molar-refractivity contribution is 5.73. The molecule has 0 aromatic heterocycles. The molecule has 0 aliphatic rings. The number of benzene rings is 1. The third kappa shape index (κ3) is 2.92. The average molecular weight is 213 g/mol. The lowest BCUT2D eigenvalue weighted by Crippen LogP contribution is -2.36. The quantitative estimate of drug-likeness (QED) is 0.780. The predicted molar refractivity (Wildman–Crippen MR) is 52.2 cm³/mol. The Balaban J connectivity index is 2.66. The van der Waals surface area contributed by atoms with E-state index in [1.54, 1.807) is 19.1 Å². The molecule has 15 heavy (non-hydrogen) atoms. The van der Waals surface area contributed by atoms with E-state index >= 15 is 0 Å². The predicted octanol–water partition coefficient (Wildman–Crippen LogP) is 0.925. The molecule has 82 valence electrons. The minimum atomic E-state index is -1.18. The van der Waals surface area contributed by atoms with Crippen LogP contribution in [0.15, 0.2) is 18.2 Å². The summed E-state index contributed by atoms with van der Waals surface area (Å²) in [5.41, 5.74) is 5.65. The second-order valence-electron chi connectivity index (χ2n) is 3.14. The summed E-state index contributed by atoms with van der Waals surface area (Å²) < 4.78 is 18.3. The van der Waals surface area contributed by atoms with Crippen LogP contribution in [0.25, 0.3) is 0 Å². The molecule has 0 radical (unpaired) electrons. The van der Waals surface area contributed by atoms with Gasteiger partial charge in [-0.15, -0.1) is 0 Å². The molecule has 0 spiro atoms. The van der Waals surface area contributed by atoms with Crippen molar-refractivity contribution < 1.29 is 19.0 Å². The van der Waals surface area contributed by atoms with Gasteiger partial charge >= 0.3 is 5.97 Å². The minimum absolute atomic E-state index is 0.0201. The Kier molecular flexibility index (Phi) is 3.62. The van der Waals surface area contributed by atoms with Crippen molar-refractivity contribution in [1.29, 1.82) is 0 Å². The van der Waals surface area contributed by atoms with Crippen LogP contribution >= 0.6 is 0 Å². The molecular formula is C10H12FNO3. The lowest BCUT2D eigenvalue weighted by atomic mass is 10.2. The first-order valence-electron chi connectivity index (χ1n) is 4.38. The second kappa shape index (κ2) is 4.75. The molecule has 0 aliphatic carbocycles. The Morgan fingerprint density at radius 2 is 2.33 bits per heavy atom. The summed E-state index contributed by atoms with van der Waals surface area (Å²) in [6.45, 7) is 1.34. The lowest BCUT2D eigenvalue weighted by molar-refractivity contribution is -0.139. The van der Waals surface area contributed by atoms with Gasteiger partial charge in [0.2, 0.25) is 0 Å². The lowest BCUT2D eigenvalue weighted by Gasteiger charge is -2.10. The number of hydrogen-bond donors (Lipinski definition) is 2. The van der Waals surface area contributed by atoms with Crippen LogP contribution in [0.1, 0.15) is 5.56 Å². The number of rotatable bonds is 4. The summed E-state index contributed by atoms with van der Waals surface area (Å²) in [7, 11) is 0. The zero-order chi connectivity index (χ0) is 11.4. The highest BCUT2D eigenvalue weighted by Crippen LogP contribution is 2.19. The van der Waals surface area contributed by atoms with Crippen molar-refractivity contribution in [3.63, 3.8) is 0 Å². The van der Waals surface area contributed by atoms with Crippen molar-refractivity contribution in [2.75, 3.05) is 6.61 Å². The largest absolute Gasteiger partial charge is 0.488 e. The normalized spacial score (nSPS) is 12.2. The zero-order valence-electron chi connectivity index (χ0n) is 8.24. The van der Waals surface area contributed by atoms with E-state index in [0.717, 1.165) is 0 Å². The maximum Gasteiger partial charge on any atom is 0.324 e. The molecule has 0 heterocycles. The fourth-order valence-electron chi connectivity index (χ4n) is 0.983. The van der Waals surface area contributed by atoms with E-state index in [9.17, 15) is 9.18 Å². The number of nitrogens with two attached hydrogens (primary N) is 1. The van der Waals surface area contributed by atoms with Crippen molar-refractivity contribution >= 4 is 5.97 Å². The van der Waals surface area contributed by atoms with E-state index in [1.807, 2.05) is 0 Å². The zero-order valence-corrected chi connectivity index (χ0v) is 8.24. The Morgan fingerprint density at radius 1 is 1.67 bits per heavy atom. The first-order chi connectivity index (χ1) is 7.02. The van der Waals surface area contributed by atoms with Crippen LogP contribution in [-0.2, 0) is 4.79 Å².